The number of thiophene rings is 2. The molecule has 2 aromatic heterocycles. The molecule has 22 aromatic carbocycles. The molecule has 2 heterocycles. The Labute approximate surface area is 823 Å². The van der Waals surface area contributed by atoms with E-state index in [1.165, 1.54) is 196 Å². The van der Waals surface area contributed by atoms with E-state index in [1.54, 1.807) is 0 Å². The molecule has 656 valence electrons. The van der Waals surface area contributed by atoms with Gasteiger partial charge in [-0.25, -0.2) is 0 Å². The second-order valence-electron chi connectivity index (χ2n) is 37.4. The van der Waals surface area contributed by atoms with Gasteiger partial charge in [-0.05, 0) is 253 Å². The molecular formula is C136H90N2S2. The van der Waals surface area contributed by atoms with E-state index in [2.05, 4.69) is 556 Å². The Hall–Kier alpha value is -17.1. The molecule has 0 aliphatic heterocycles. The molecule has 28 rings (SSSR count). The Morgan fingerprint density at radius 2 is 0.343 bits per heavy atom. The predicted molar refractivity (Wildman–Crippen MR) is 588 cm³/mol. The first-order valence-corrected chi connectivity index (χ1v) is 50.1. The molecule has 0 radical (unpaired) electrons. The van der Waals surface area contributed by atoms with Crippen LogP contribution in [-0.4, -0.2) is 0 Å². The van der Waals surface area contributed by atoms with Crippen molar-refractivity contribution in [1.29, 1.82) is 0 Å². The highest BCUT2D eigenvalue weighted by Gasteiger charge is 2.59. The van der Waals surface area contributed by atoms with E-state index in [-0.39, 0.29) is 0 Å². The fraction of sp³-hybridized carbons (Fsp3) is 0.0294. The minimum absolute atomic E-state index is 0.563. The summed E-state index contributed by atoms with van der Waals surface area (Å²) in [6.45, 7) is 0. The molecule has 24 aromatic rings. The fourth-order valence-electron chi connectivity index (χ4n) is 24.6. The Morgan fingerprint density at radius 1 is 0.129 bits per heavy atom. The number of fused-ring (bicyclic) bond motifs is 24. The zero-order valence-corrected chi connectivity index (χ0v) is 78.3. The maximum absolute atomic E-state index is 2.51. The third kappa shape index (κ3) is 12.6. The van der Waals surface area contributed by atoms with Crippen molar-refractivity contribution in [2.45, 2.75) is 21.7 Å². The number of benzene rings is 22. The van der Waals surface area contributed by atoms with Crippen LogP contribution >= 0.6 is 22.7 Å². The Bertz CT molecular complexity index is 8200. The van der Waals surface area contributed by atoms with Gasteiger partial charge in [0.2, 0.25) is 0 Å². The first kappa shape index (κ1) is 82.4. The highest BCUT2D eigenvalue weighted by molar-refractivity contribution is 7.26. The van der Waals surface area contributed by atoms with Crippen LogP contribution in [0.1, 0.15) is 89.0 Å². The summed E-state index contributed by atoms with van der Waals surface area (Å²) >= 11 is 3.74. The van der Waals surface area contributed by atoms with Gasteiger partial charge in [0, 0.05) is 74.5 Å². The van der Waals surface area contributed by atoms with E-state index in [0.717, 1.165) is 34.1 Å². The van der Waals surface area contributed by atoms with E-state index in [0.29, 0.717) is 0 Å². The zero-order valence-electron chi connectivity index (χ0n) is 76.7. The van der Waals surface area contributed by atoms with Crippen molar-refractivity contribution in [3.8, 4) is 66.8 Å². The molecule has 0 unspecified atom stereocenters. The van der Waals surface area contributed by atoms with Crippen molar-refractivity contribution in [2.24, 2.45) is 0 Å². The normalized spacial score (nSPS) is 13.7. The summed E-state index contributed by atoms with van der Waals surface area (Å²) in [5, 5.41) is 5.28. The lowest BCUT2D eigenvalue weighted by Gasteiger charge is -2.50. The lowest BCUT2D eigenvalue weighted by atomic mass is 9.51. The Balaban J connectivity index is 0.000000141. The van der Waals surface area contributed by atoms with E-state index in [4.69, 9.17) is 0 Å². The highest BCUT2D eigenvalue weighted by atomic mass is 32.1. The third-order valence-corrected chi connectivity index (χ3v) is 32.7. The van der Waals surface area contributed by atoms with Crippen LogP contribution in [0.3, 0.4) is 0 Å². The summed E-state index contributed by atoms with van der Waals surface area (Å²) in [5.74, 6) is 0. The summed E-state index contributed by atoms with van der Waals surface area (Å²) in [4.78, 5) is 4.90. The van der Waals surface area contributed by atoms with Gasteiger partial charge in [-0.2, -0.15) is 0 Å². The maximum Gasteiger partial charge on any atom is 0.0720 e. The highest BCUT2D eigenvalue weighted by Crippen LogP contribution is 2.68. The lowest BCUT2D eigenvalue weighted by Crippen LogP contribution is -2.44. The summed E-state index contributed by atoms with van der Waals surface area (Å²) < 4.78 is 5.27. The number of nitrogens with zero attached hydrogens (tertiary/aromatic N) is 2. The third-order valence-electron chi connectivity index (χ3n) is 30.5. The van der Waals surface area contributed by atoms with Crippen LogP contribution < -0.4 is 9.80 Å². The van der Waals surface area contributed by atoms with Crippen molar-refractivity contribution in [2.75, 3.05) is 9.80 Å². The number of anilines is 6. The van der Waals surface area contributed by atoms with E-state index >= 15 is 0 Å². The number of hydrogen-bond donors (Lipinski definition) is 0. The second kappa shape index (κ2) is 33.4. The van der Waals surface area contributed by atoms with Gasteiger partial charge in [-0.3, -0.25) is 0 Å². The smallest absolute Gasteiger partial charge is 0.0720 e. The molecule has 0 bridgehead atoms. The molecule has 4 heteroatoms. The van der Waals surface area contributed by atoms with Crippen LogP contribution in [-0.2, 0) is 21.7 Å². The molecule has 2 spiro atoms. The molecule has 0 fully saturated rings. The maximum atomic E-state index is 2.51. The minimum Gasteiger partial charge on any atom is -0.310 e. The average molecular weight is 1820 g/mol. The van der Waals surface area contributed by atoms with E-state index in [9.17, 15) is 0 Å². The van der Waals surface area contributed by atoms with Gasteiger partial charge in [0.05, 0.1) is 21.7 Å². The molecular weight excluding hydrogens is 1730 g/mol. The van der Waals surface area contributed by atoms with Crippen molar-refractivity contribution >= 4 is 97.1 Å². The molecule has 0 saturated heterocycles. The molecule has 0 N–H and O–H groups in total. The SMILES string of the molecule is c1ccc(-c2ccc(N(c3ccc(-c4ccc5c(c4)sc4ccccc45)cc3)c3ccc4c(c3)C3(c5ccccc5-4)c4ccccc4C(c4ccccc4)(c4ccccc4)c4ccccc43)cc2)cc1.c1ccc(-c2ccc(N(c3ccc(-c4ccc5c(c4)sc4ccccc45)cc3)c3ccc4c(c3)C3(c5ccccc5-4)c4ccccc4C(c4ccccc4)(c4ccccc4)c4ccccc43)cc2)cc1. The molecule has 0 atom stereocenters. The number of hydrogen-bond acceptors (Lipinski definition) is 4. The van der Waals surface area contributed by atoms with Crippen molar-refractivity contribution in [1.82, 2.24) is 0 Å². The van der Waals surface area contributed by atoms with Gasteiger partial charge in [0.1, 0.15) is 0 Å². The molecule has 4 aliphatic rings. The molecule has 2 nitrogen and oxygen atoms in total. The summed E-state index contributed by atoms with van der Waals surface area (Å²) in [7, 11) is 0. The van der Waals surface area contributed by atoms with Crippen LogP contribution in [0.25, 0.3) is 107 Å². The van der Waals surface area contributed by atoms with Crippen molar-refractivity contribution in [3.63, 3.8) is 0 Å². The monoisotopic (exact) mass is 1810 g/mol. The summed E-state index contributed by atoms with van der Waals surface area (Å²) in [5.41, 5.74) is 39.7. The Kier molecular flexibility index (Phi) is 19.7. The van der Waals surface area contributed by atoms with Crippen LogP contribution in [0.15, 0.2) is 546 Å². The van der Waals surface area contributed by atoms with Gasteiger partial charge in [0.25, 0.3) is 0 Å². The van der Waals surface area contributed by atoms with E-state index in [1.807, 2.05) is 22.7 Å². The number of rotatable bonds is 14. The minimum atomic E-state index is -0.611. The van der Waals surface area contributed by atoms with Crippen LogP contribution in [0.4, 0.5) is 34.1 Å². The fourth-order valence-corrected chi connectivity index (χ4v) is 26.9. The van der Waals surface area contributed by atoms with Crippen LogP contribution in [0, 0.1) is 0 Å². The zero-order chi connectivity index (χ0) is 92.5. The van der Waals surface area contributed by atoms with Crippen LogP contribution in [0.5, 0.6) is 0 Å². The van der Waals surface area contributed by atoms with Crippen LogP contribution in [0.2, 0.25) is 0 Å². The van der Waals surface area contributed by atoms with Gasteiger partial charge >= 0.3 is 0 Å². The molecule has 0 saturated carbocycles. The Morgan fingerprint density at radius 3 is 0.650 bits per heavy atom. The largest absolute Gasteiger partial charge is 0.310 e. The molecule has 4 aliphatic carbocycles. The first-order valence-electron chi connectivity index (χ1n) is 48.5. The van der Waals surface area contributed by atoms with Gasteiger partial charge in [0.15, 0.2) is 0 Å². The quantitative estimate of drug-likeness (QED) is 0.107. The summed E-state index contributed by atoms with van der Waals surface area (Å²) in [6.07, 6.45) is 0. The molecule has 0 amide bonds. The average Bonchev–Trinajstić information content (AvgIpc) is 1.25. The van der Waals surface area contributed by atoms with Gasteiger partial charge < -0.3 is 9.80 Å². The van der Waals surface area contributed by atoms with Gasteiger partial charge in [-0.1, -0.05) is 449 Å². The van der Waals surface area contributed by atoms with E-state index < -0.39 is 21.7 Å². The van der Waals surface area contributed by atoms with Crippen molar-refractivity contribution < 1.29 is 0 Å². The molecule has 140 heavy (non-hydrogen) atoms. The second-order valence-corrected chi connectivity index (χ2v) is 39.6. The predicted octanol–water partition coefficient (Wildman–Crippen LogP) is 35.8. The standard InChI is InChI=1S/2C68H45NS/c2*1-4-18-46(19-5-1)47-32-37-52(38-33-47)69(53-39-34-48(35-40-53)49-36-42-58-57-25-11-17-31-65(57)70-66(58)44-49)54-41-43-56-55-24-10-12-26-59(55)68(64(56)45-54)62-29-15-13-27-60(62)67(50-20-6-2-7-21-50,51-22-8-3-9-23-51)61-28-14-16-30-63(61)68/h2*1-45H. The lowest BCUT2D eigenvalue weighted by molar-refractivity contribution is 0.623. The van der Waals surface area contributed by atoms with Crippen molar-refractivity contribution in [3.05, 3.63) is 635 Å². The topological polar surface area (TPSA) is 6.48 Å². The summed E-state index contributed by atoms with van der Waals surface area (Å²) in [6, 6.07) is 204. The first-order chi connectivity index (χ1) is 69.4. The van der Waals surface area contributed by atoms with Gasteiger partial charge in [-0.15, -0.1) is 22.7 Å².